The lowest BCUT2D eigenvalue weighted by atomic mass is 9.98. The zero-order chi connectivity index (χ0) is 32.4. The van der Waals surface area contributed by atoms with Gasteiger partial charge in [0.05, 0.1) is 47.8 Å². The van der Waals surface area contributed by atoms with Gasteiger partial charge in [-0.1, -0.05) is 6.92 Å². The normalized spacial score (nSPS) is 12.2. The number of likely N-dealkylation sites (N-methyl/N-ethyl adjacent to an activating group) is 1. The lowest BCUT2D eigenvalue weighted by Crippen LogP contribution is -2.28. The molecule has 0 atom stereocenters. The minimum absolute atomic E-state index is 0.0855. The van der Waals surface area contributed by atoms with Gasteiger partial charge in [0.25, 0.3) is 5.56 Å². The number of ether oxygens (including phenoxy) is 1. The van der Waals surface area contributed by atoms with Crippen molar-refractivity contribution in [2.75, 3.05) is 18.9 Å². The number of amides is 1. The van der Waals surface area contributed by atoms with E-state index in [-0.39, 0.29) is 54.8 Å². The Morgan fingerprint density at radius 3 is 2.76 bits per heavy atom. The molecular formula is C31H33FN8O5. The molecule has 1 aliphatic rings. The van der Waals surface area contributed by atoms with Gasteiger partial charge in [0.1, 0.15) is 18.2 Å². The maximum absolute atomic E-state index is 14.8. The van der Waals surface area contributed by atoms with Gasteiger partial charge >= 0.3 is 6.16 Å². The predicted octanol–water partition coefficient (Wildman–Crippen LogP) is 2.82. The summed E-state index contributed by atoms with van der Waals surface area (Å²) in [6.45, 7) is 3.45. The summed E-state index contributed by atoms with van der Waals surface area (Å²) in [5.41, 5.74) is 10.9. The first-order valence-corrected chi connectivity index (χ1v) is 14.1. The van der Waals surface area contributed by atoms with E-state index in [0.717, 1.165) is 0 Å². The van der Waals surface area contributed by atoms with Gasteiger partial charge < -0.3 is 35.8 Å². The van der Waals surface area contributed by atoms with Crippen molar-refractivity contribution < 1.29 is 23.8 Å². The van der Waals surface area contributed by atoms with Crippen molar-refractivity contribution in [2.24, 2.45) is 11.6 Å². The van der Waals surface area contributed by atoms with Crippen molar-refractivity contribution in [2.45, 2.75) is 40.0 Å². The first-order chi connectivity index (χ1) is 21.5. The van der Waals surface area contributed by atoms with Crippen LogP contribution in [0.15, 0.2) is 47.5 Å². The summed E-state index contributed by atoms with van der Waals surface area (Å²) in [6.07, 6.45) is 2.01. The number of nitrogens with two attached hydrogens (primary N) is 2. The lowest BCUT2D eigenvalue weighted by Gasteiger charge is -2.20. The average molecular weight is 617 g/mol. The SMILES string of the molecule is CCc1cc2n(c(=O)c1COC(=O)O)Cc1c-2nc2cc(F)c(C)cc2c1CN(N)/C=C(\N)c1cccnc1NC(=O)CNC. The number of fused-ring (bicyclic) bond motifs is 4. The van der Waals surface area contributed by atoms with Crippen LogP contribution in [-0.4, -0.2) is 50.3 Å². The highest BCUT2D eigenvalue weighted by Crippen LogP contribution is 2.37. The van der Waals surface area contributed by atoms with E-state index in [0.29, 0.717) is 56.5 Å². The Labute approximate surface area is 257 Å². The molecular weight excluding hydrogens is 583 g/mol. The molecule has 3 aromatic heterocycles. The number of aryl methyl sites for hydroxylation is 2. The highest BCUT2D eigenvalue weighted by Gasteiger charge is 2.29. The first kappa shape index (κ1) is 31.1. The van der Waals surface area contributed by atoms with Gasteiger partial charge in [0.2, 0.25) is 5.91 Å². The summed E-state index contributed by atoms with van der Waals surface area (Å²) in [5.74, 6) is 6.04. The number of hydrogen-bond acceptors (Lipinski definition) is 10. The van der Waals surface area contributed by atoms with Crippen LogP contribution >= 0.6 is 0 Å². The van der Waals surface area contributed by atoms with E-state index in [4.69, 9.17) is 26.4 Å². The Morgan fingerprint density at radius 2 is 2.04 bits per heavy atom. The number of carbonyl (C=O) groups is 2. The van der Waals surface area contributed by atoms with E-state index in [1.165, 1.54) is 28.0 Å². The number of hydrogen-bond donors (Lipinski definition) is 5. The van der Waals surface area contributed by atoms with Gasteiger partial charge in [-0.05, 0) is 61.3 Å². The van der Waals surface area contributed by atoms with Crippen molar-refractivity contribution in [1.82, 2.24) is 24.9 Å². The molecule has 0 saturated carbocycles. The molecule has 0 saturated heterocycles. The van der Waals surface area contributed by atoms with E-state index in [1.54, 1.807) is 38.2 Å². The molecule has 1 aromatic carbocycles. The molecule has 234 valence electrons. The van der Waals surface area contributed by atoms with Crippen LogP contribution in [0.4, 0.5) is 15.0 Å². The Balaban J connectivity index is 1.58. The van der Waals surface area contributed by atoms with Gasteiger partial charge in [0.15, 0.2) is 0 Å². The molecule has 5 rings (SSSR count). The Kier molecular flexibility index (Phi) is 8.79. The van der Waals surface area contributed by atoms with Gasteiger partial charge in [-0.3, -0.25) is 9.59 Å². The molecule has 0 spiro atoms. The summed E-state index contributed by atoms with van der Waals surface area (Å²) in [4.78, 5) is 45.9. The second-order valence-electron chi connectivity index (χ2n) is 10.6. The van der Waals surface area contributed by atoms with Crippen LogP contribution in [0.1, 0.15) is 40.3 Å². The summed E-state index contributed by atoms with van der Waals surface area (Å²) in [5, 5.41) is 16.5. The van der Waals surface area contributed by atoms with E-state index < -0.39 is 12.0 Å². The number of halogens is 1. The average Bonchev–Trinajstić information content (AvgIpc) is 3.36. The third kappa shape index (κ3) is 6.18. The summed E-state index contributed by atoms with van der Waals surface area (Å²) in [7, 11) is 1.65. The number of pyridine rings is 3. The van der Waals surface area contributed by atoms with Gasteiger partial charge in [-0.15, -0.1) is 0 Å². The highest BCUT2D eigenvalue weighted by atomic mass is 19.1. The monoisotopic (exact) mass is 616 g/mol. The molecule has 4 heterocycles. The number of anilines is 1. The molecule has 0 aliphatic carbocycles. The van der Waals surface area contributed by atoms with Crippen LogP contribution in [-0.2, 0) is 35.6 Å². The molecule has 0 fully saturated rings. The van der Waals surface area contributed by atoms with Crippen molar-refractivity contribution in [3.05, 3.63) is 92.3 Å². The minimum Gasteiger partial charge on any atom is -0.450 e. The molecule has 4 aromatic rings. The minimum atomic E-state index is -1.48. The van der Waals surface area contributed by atoms with Crippen LogP contribution in [0.5, 0.6) is 0 Å². The molecule has 45 heavy (non-hydrogen) atoms. The third-order valence-electron chi connectivity index (χ3n) is 7.62. The molecule has 1 aliphatic heterocycles. The summed E-state index contributed by atoms with van der Waals surface area (Å²) < 4.78 is 21.0. The van der Waals surface area contributed by atoms with E-state index in [2.05, 4.69) is 15.6 Å². The number of benzene rings is 1. The standard InChI is InChI=1S/C31H33FN8O5/c1-4-17-9-26-28-21(13-40(26)30(42)22(17)15-45-31(43)44)20(19-8-16(2)23(32)10-25(19)37-28)12-39(34)14-24(33)18-6-5-7-36-29(18)38-27(41)11-35-3/h5-10,14,35H,4,11-13,15,33-34H2,1-3H3,(H,43,44)(H,36,38,41)/b24-14-. The maximum atomic E-state index is 14.8. The topological polar surface area (TPSA) is 191 Å². The Morgan fingerprint density at radius 1 is 1.27 bits per heavy atom. The highest BCUT2D eigenvalue weighted by molar-refractivity contribution is 5.94. The van der Waals surface area contributed by atoms with Crippen LogP contribution in [0, 0.1) is 12.7 Å². The molecule has 0 radical (unpaired) electrons. The summed E-state index contributed by atoms with van der Waals surface area (Å²) in [6, 6.07) is 8.23. The number of nitrogens with one attached hydrogen (secondary N) is 2. The lowest BCUT2D eigenvalue weighted by molar-refractivity contribution is -0.115. The Hall–Kier alpha value is -5.34. The van der Waals surface area contributed by atoms with Crippen molar-refractivity contribution in [3.63, 3.8) is 0 Å². The van der Waals surface area contributed by atoms with E-state index in [9.17, 15) is 18.8 Å². The first-order valence-electron chi connectivity index (χ1n) is 14.1. The van der Waals surface area contributed by atoms with Gasteiger partial charge in [-0.25, -0.2) is 25.0 Å². The third-order valence-corrected chi connectivity index (χ3v) is 7.62. The number of carboxylic acid groups (broad SMARTS) is 1. The van der Waals surface area contributed by atoms with Crippen LogP contribution in [0.2, 0.25) is 0 Å². The maximum Gasteiger partial charge on any atom is 0.506 e. The molecule has 14 heteroatoms. The molecule has 0 bridgehead atoms. The van der Waals surface area contributed by atoms with Crippen LogP contribution in [0.25, 0.3) is 28.0 Å². The largest absolute Gasteiger partial charge is 0.506 e. The van der Waals surface area contributed by atoms with Crippen molar-refractivity contribution in [1.29, 1.82) is 0 Å². The van der Waals surface area contributed by atoms with Crippen molar-refractivity contribution >= 4 is 34.5 Å². The molecule has 13 nitrogen and oxygen atoms in total. The molecule has 0 unspecified atom stereocenters. The van der Waals surface area contributed by atoms with E-state index in [1.807, 2.05) is 6.92 Å². The second kappa shape index (κ2) is 12.7. The fourth-order valence-corrected chi connectivity index (χ4v) is 5.47. The van der Waals surface area contributed by atoms with Crippen LogP contribution in [0.3, 0.4) is 0 Å². The number of hydrazine groups is 1. The van der Waals surface area contributed by atoms with E-state index >= 15 is 0 Å². The van der Waals surface area contributed by atoms with Gasteiger partial charge in [0, 0.05) is 35.0 Å². The predicted molar refractivity (Wildman–Crippen MR) is 166 cm³/mol. The fraction of sp³-hybridized carbons (Fsp3) is 0.258. The fourth-order valence-electron chi connectivity index (χ4n) is 5.47. The van der Waals surface area contributed by atoms with Crippen molar-refractivity contribution in [3.8, 4) is 11.4 Å². The zero-order valence-electron chi connectivity index (χ0n) is 25.0. The number of nitrogens with zero attached hydrogens (tertiary/aromatic N) is 4. The second-order valence-corrected chi connectivity index (χ2v) is 10.6. The summed E-state index contributed by atoms with van der Waals surface area (Å²) >= 11 is 0. The molecule has 7 N–H and O–H groups in total. The number of aromatic nitrogens is 3. The smallest absolute Gasteiger partial charge is 0.450 e. The molecule has 1 amide bonds. The number of rotatable bonds is 10. The van der Waals surface area contributed by atoms with Gasteiger partial charge in [-0.2, -0.15) is 0 Å². The van der Waals surface area contributed by atoms with Crippen LogP contribution < -0.4 is 27.8 Å². The quantitative estimate of drug-likeness (QED) is 0.0881. The number of carbonyl (C=O) groups excluding carboxylic acids is 1. The Bertz CT molecular complexity index is 1920. The zero-order valence-corrected chi connectivity index (χ0v) is 25.0.